The summed E-state index contributed by atoms with van der Waals surface area (Å²) in [7, 11) is 0. The minimum absolute atomic E-state index is 0.426. The van der Waals surface area contributed by atoms with Crippen LogP contribution < -0.4 is 5.73 Å². The third-order valence-corrected chi connectivity index (χ3v) is 3.07. The van der Waals surface area contributed by atoms with E-state index in [-0.39, 0.29) is 0 Å². The van der Waals surface area contributed by atoms with Gasteiger partial charge >= 0.3 is 0 Å². The molecule has 2 heterocycles. The first-order valence-corrected chi connectivity index (χ1v) is 5.67. The van der Waals surface area contributed by atoms with Crippen LogP contribution in [0.25, 0.3) is 21.7 Å². The number of rotatable bonds is 1. The summed E-state index contributed by atoms with van der Waals surface area (Å²) in [4.78, 5) is 19.5. The lowest BCUT2D eigenvalue weighted by atomic mass is 10.1. The molecule has 3 rings (SSSR count). The zero-order chi connectivity index (χ0) is 12.7. The quantitative estimate of drug-likeness (QED) is 0.538. The number of halogens is 1. The van der Waals surface area contributed by atoms with Gasteiger partial charge in [-0.3, -0.25) is 9.78 Å². The number of fused-ring (bicyclic) bond motifs is 3. The monoisotopic (exact) mass is 257 g/mol. The average Bonchev–Trinajstić information content (AvgIpc) is 2.38. The van der Waals surface area contributed by atoms with Gasteiger partial charge in [-0.25, -0.2) is 4.98 Å². The van der Waals surface area contributed by atoms with Crippen molar-refractivity contribution in [2.45, 2.75) is 0 Å². The number of pyridine rings is 2. The highest BCUT2D eigenvalue weighted by atomic mass is 35.5. The Balaban J connectivity index is 2.50. The molecule has 5 heteroatoms. The molecule has 0 saturated carbocycles. The molecule has 88 valence electrons. The van der Waals surface area contributed by atoms with Crippen LogP contribution in [0.5, 0.6) is 0 Å². The molecular weight excluding hydrogens is 250 g/mol. The minimum atomic E-state index is -0.490. The van der Waals surface area contributed by atoms with Crippen molar-refractivity contribution in [2.24, 2.45) is 0 Å². The van der Waals surface area contributed by atoms with Crippen LogP contribution in [-0.4, -0.2) is 15.2 Å². The van der Waals surface area contributed by atoms with Gasteiger partial charge in [-0.05, 0) is 41.3 Å². The van der Waals surface area contributed by atoms with E-state index in [1.165, 1.54) is 0 Å². The fourth-order valence-electron chi connectivity index (χ4n) is 1.99. The highest BCUT2D eigenvalue weighted by Gasteiger charge is 2.09. The molecule has 3 aromatic rings. The fourth-order valence-corrected chi connectivity index (χ4v) is 2.11. The summed E-state index contributed by atoms with van der Waals surface area (Å²) in [6.45, 7) is 0. The second kappa shape index (κ2) is 3.92. The molecule has 0 unspecified atom stereocenters. The first-order valence-electron chi connectivity index (χ1n) is 5.29. The molecule has 0 aliphatic carbocycles. The standard InChI is InChI=1S/C13H8ClN3O/c14-12(18)7-1-2-11-9(5-7)8-3-4-16-6-10(8)13(15)17-11/h1-6H,(H2,15,17). The average molecular weight is 258 g/mol. The number of anilines is 1. The first-order chi connectivity index (χ1) is 8.66. The van der Waals surface area contributed by atoms with Crippen molar-refractivity contribution in [3.8, 4) is 0 Å². The van der Waals surface area contributed by atoms with Crippen LogP contribution in [0.1, 0.15) is 10.4 Å². The molecule has 18 heavy (non-hydrogen) atoms. The molecule has 2 N–H and O–H groups in total. The van der Waals surface area contributed by atoms with Crippen molar-refractivity contribution in [1.82, 2.24) is 9.97 Å². The van der Waals surface area contributed by atoms with Gasteiger partial charge in [0.25, 0.3) is 5.24 Å². The summed E-state index contributed by atoms with van der Waals surface area (Å²) in [6, 6.07) is 6.94. The normalized spacial score (nSPS) is 10.9. The second-order valence-electron chi connectivity index (χ2n) is 3.92. The summed E-state index contributed by atoms with van der Waals surface area (Å²) >= 11 is 5.49. The third kappa shape index (κ3) is 1.58. The van der Waals surface area contributed by atoms with Crippen molar-refractivity contribution in [1.29, 1.82) is 0 Å². The van der Waals surface area contributed by atoms with Gasteiger partial charge in [-0.1, -0.05) is 0 Å². The summed E-state index contributed by atoms with van der Waals surface area (Å²) in [5, 5.41) is 2.03. The Kier molecular flexibility index (Phi) is 2.38. The summed E-state index contributed by atoms with van der Waals surface area (Å²) < 4.78 is 0. The number of hydrogen-bond acceptors (Lipinski definition) is 4. The summed E-state index contributed by atoms with van der Waals surface area (Å²) in [5.74, 6) is 0.426. The van der Waals surface area contributed by atoms with E-state index in [1.54, 1.807) is 30.6 Å². The van der Waals surface area contributed by atoms with Gasteiger partial charge in [-0.2, -0.15) is 0 Å². The predicted octanol–water partition coefficient (Wildman–Crippen LogP) is 2.74. The Bertz CT molecular complexity index is 786. The number of nitrogens with two attached hydrogens (primary N) is 1. The van der Waals surface area contributed by atoms with Gasteiger partial charge in [0.15, 0.2) is 0 Å². The molecule has 2 aromatic heterocycles. The Morgan fingerprint density at radius 3 is 2.78 bits per heavy atom. The number of nitrogens with zero attached hydrogens (tertiary/aromatic N) is 2. The Morgan fingerprint density at radius 1 is 1.17 bits per heavy atom. The summed E-state index contributed by atoms with van der Waals surface area (Å²) in [6.07, 6.45) is 3.34. The lowest BCUT2D eigenvalue weighted by molar-refractivity contribution is 0.108. The van der Waals surface area contributed by atoms with Crippen molar-refractivity contribution >= 4 is 44.3 Å². The highest BCUT2D eigenvalue weighted by molar-refractivity contribution is 6.67. The van der Waals surface area contributed by atoms with Gasteiger partial charge in [0.1, 0.15) is 5.82 Å². The second-order valence-corrected chi connectivity index (χ2v) is 4.27. The first kappa shape index (κ1) is 10.9. The van der Waals surface area contributed by atoms with Crippen molar-refractivity contribution in [3.05, 3.63) is 42.2 Å². The number of carbonyl (C=O) groups excluding carboxylic acids is 1. The van der Waals surface area contributed by atoms with Crippen molar-refractivity contribution < 1.29 is 4.79 Å². The van der Waals surface area contributed by atoms with Gasteiger partial charge in [0.05, 0.1) is 5.52 Å². The van der Waals surface area contributed by atoms with Gasteiger partial charge in [0, 0.05) is 28.7 Å². The van der Waals surface area contributed by atoms with Gasteiger partial charge in [0.2, 0.25) is 0 Å². The summed E-state index contributed by atoms with van der Waals surface area (Å²) in [5.41, 5.74) is 7.04. The zero-order valence-electron chi connectivity index (χ0n) is 9.22. The molecule has 1 aromatic carbocycles. The number of aromatic nitrogens is 2. The molecule has 0 amide bonds. The third-order valence-electron chi connectivity index (χ3n) is 2.85. The highest BCUT2D eigenvalue weighted by Crippen LogP contribution is 2.27. The molecule has 0 fully saturated rings. The van der Waals surface area contributed by atoms with Crippen LogP contribution in [0.3, 0.4) is 0 Å². The van der Waals surface area contributed by atoms with E-state index in [2.05, 4.69) is 9.97 Å². The number of nitrogen functional groups attached to an aromatic ring is 1. The van der Waals surface area contributed by atoms with Crippen molar-refractivity contribution in [3.63, 3.8) is 0 Å². The smallest absolute Gasteiger partial charge is 0.252 e. The molecule has 4 nitrogen and oxygen atoms in total. The van der Waals surface area contributed by atoms with E-state index in [4.69, 9.17) is 17.3 Å². The van der Waals surface area contributed by atoms with Crippen LogP contribution in [0.15, 0.2) is 36.7 Å². The molecule has 0 atom stereocenters. The maximum Gasteiger partial charge on any atom is 0.252 e. The molecular formula is C13H8ClN3O. The molecule has 0 aliphatic rings. The van der Waals surface area contributed by atoms with E-state index in [9.17, 15) is 4.79 Å². The number of carbonyl (C=O) groups is 1. The number of benzene rings is 1. The maximum absolute atomic E-state index is 11.2. The van der Waals surface area contributed by atoms with Crippen LogP contribution in [0.2, 0.25) is 0 Å². The van der Waals surface area contributed by atoms with Crippen LogP contribution in [0, 0.1) is 0 Å². The van der Waals surface area contributed by atoms with Gasteiger partial charge in [-0.15, -0.1) is 0 Å². The van der Waals surface area contributed by atoms with E-state index >= 15 is 0 Å². The number of hydrogen-bond donors (Lipinski definition) is 1. The zero-order valence-corrected chi connectivity index (χ0v) is 9.98. The molecule has 0 spiro atoms. The Hall–Kier alpha value is -2.20. The fraction of sp³-hybridized carbons (Fsp3) is 0. The van der Waals surface area contributed by atoms with Crippen LogP contribution in [-0.2, 0) is 0 Å². The lowest BCUT2D eigenvalue weighted by Gasteiger charge is -2.06. The predicted molar refractivity (Wildman–Crippen MR) is 71.6 cm³/mol. The van der Waals surface area contributed by atoms with Crippen LogP contribution in [0.4, 0.5) is 5.82 Å². The molecule has 0 aliphatic heterocycles. The van der Waals surface area contributed by atoms with Gasteiger partial charge < -0.3 is 5.73 Å². The SMILES string of the molecule is Nc1nc2ccc(C(=O)Cl)cc2c2ccncc12. The Labute approximate surface area is 107 Å². The lowest BCUT2D eigenvalue weighted by Crippen LogP contribution is -1.95. The van der Waals surface area contributed by atoms with E-state index in [1.807, 2.05) is 6.07 Å². The Morgan fingerprint density at radius 2 is 2.00 bits per heavy atom. The minimum Gasteiger partial charge on any atom is -0.383 e. The molecule has 0 bridgehead atoms. The topological polar surface area (TPSA) is 68.9 Å². The van der Waals surface area contributed by atoms with E-state index in [0.717, 1.165) is 21.7 Å². The van der Waals surface area contributed by atoms with E-state index in [0.29, 0.717) is 11.4 Å². The van der Waals surface area contributed by atoms with Crippen molar-refractivity contribution in [2.75, 3.05) is 5.73 Å². The largest absolute Gasteiger partial charge is 0.383 e. The van der Waals surface area contributed by atoms with E-state index < -0.39 is 5.24 Å². The molecule has 0 radical (unpaired) electrons. The van der Waals surface area contributed by atoms with Crippen LogP contribution >= 0.6 is 11.6 Å². The molecule has 0 saturated heterocycles. The maximum atomic E-state index is 11.2.